The van der Waals surface area contributed by atoms with Gasteiger partial charge in [-0.05, 0) is 95.0 Å². The quantitative estimate of drug-likeness (QED) is 0.244. The van der Waals surface area contributed by atoms with Crippen molar-refractivity contribution in [1.29, 1.82) is 0 Å². The Labute approximate surface area is 210 Å². The van der Waals surface area contributed by atoms with Crippen molar-refractivity contribution < 1.29 is 0 Å². The molecule has 7 aromatic carbocycles. The van der Waals surface area contributed by atoms with E-state index in [0.29, 0.717) is 0 Å². The summed E-state index contributed by atoms with van der Waals surface area (Å²) in [6.07, 6.45) is 0. The third-order valence-corrected chi connectivity index (χ3v) is 7.78. The zero-order chi connectivity index (χ0) is 23.6. The van der Waals surface area contributed by atoms with Crippen LogP contribution in [0, 0.1) is 0 Å². The average Bonchev–Trinajstić information content (AvgIpc) is 3.27. The Morgan fingerprint density at radius 2 is 0.833 bits per heavy atom. The molecule has 0 heterocycles. The van der Waals surface area contributed by atoms with Crippen LogP contribution in [0.1, 0.15) is 0 Å². The molecule has 0 spiro atoms. The van der Waals surface area contributed by atoms with E-state index in [0.717, 1.165) is 0 Å². The van der Waals surface area contributed by atoms with E-state index >= 15 is 0 Å². The molecule has 0 bridgehead atoms. The van der Waals surface area contributed by atoms with Crippen molar-refractivity contribution in [2.24, 2.45) is 0 Å². The monoisotopic (exact) mass is 454 g/mol. The minimum Gasteiger partial charge on any atom is -0.0616 e. The summed E-state index contributed by atoms with van der Waals surface area (Å²) in [6, 6.07) is 49.1. The van der Waals surface area contributed by atoms with E-state index in [4.69, 9.17) is 0 Å². The summed E-state index contributed by atoms with van der Waals surface area (Å²) in [7, 11) is 0. The third-order valence-electron chi connectivity index (χ3n) is 7.78. The molecule has 166 valence electrons. The molecule has 0 nitrogen and oxygen atoms in total. The molecule has 1 aliphatic rings. The molecule has 0 N–H and O–H groups in total. The molecule has 0 saturated heterocycles. The first-order chi connectivity index (χ1) is 17.8. The summed E-state index contributed by atoms with van der Waals surface area (Å²) in [6.45, 7) is 0. The van der Waals surface area contributed by atoms with Gasteiger partial charge in [0, 0.05) is 0 Å². The lowest BCUT2D eigenvalue weighted by Gasteiger charge is -2.10. The smallest absolute Gasteiger partial charge is 0.00201 e. The van der Waals surface area contributed by atoms with Crippen LogP contribution in [0.5, 0.6) is 0 Å². The summed E-state index contributed by atoms with van der Waals surface area (Å²) in [5.74, 6) is 0. The maximum Gasteiger partial charge on any atom is -0.00201 e. The van der Waals surface area contributed by atoms with Gasteiger partial charge in [-0.15, -0.1) is 0 Å². The van der Waals surface area contributed by atoms with Crippen molar-refractivity contribution in [3.8, 4) is 44.5 Å². The molecule has 0 aromatic heterocycles. The van der Waals surface area contributed by atoms with Gasteiger partial charge in [0.2, 0.25) is 0 Å². The van der Waals surface area contributed by atoms with Crippen LogP contribution in [0.2, 0.25) is 0 Å². The Bertz CT molecular complexity index is 1990. The largest absolute Gasteiger partial charge is 0.0616 e. The summed E-state index contributed by atoms with van der Waals surface area (Å²) < 4.78 is 0. The molecule has 0 radical (unpaired) electrons. The summed E-state index contributed by atoms with van der Waals surface area (Å²) in [5.41, 5.74) is 10.4. The van der Waals surface area contributed by atoms with Crippen LogP contribution in [-0.2, 0) is 0 Å². The predicted octanol–water partition coefficient (Wildman–Crippen LogP) is 10.1. The van der Waals surface area contributed by atoms with E-state index in [1.54, 1.807) is 0 Å². The van der Waals surface area contributed by atoms with E-state index in [-0.39, 0.29) is 0 Å². The maximum absolute atomic E-state index is 2.38. The van der Waals surface area contributed by atoms with Crippen LogP contribution in [0.25, 0.3) is 76.8 Å². The molecule has 0 saturated carbocycles. The van der Waals surface area contributed by atoms with Crippen LogP contribution >= 0.6 is 0 Å². The topological polar surface area (TPSA) is 0 Å². The molecular weight excluding hydrogens is 432 g/mol. The van der Waals surface area contributed by atoms with E-state index in [2.05, 4.69) is 133 Å². The van der Waals surface area contributed by atoms with Crippen molar-refractivity contribution in [3.63, 3.8) is 0 Å². The molecule has 0 atom stereocenters. The molecule has 0 unspecified atom stereocenters. The normalized spacial score (nSPS) is 11.9. The fourth-order valence-electron chi connectivity index (χ4n) is 6.01. The fraction of sp³-hybridized carbons (Fsp3) is 0. The number of benzene rings is 7. The van der Waals surface area contributed by atoms with E-state index < -0.39 is 0 Å². The van der Waals surface area contributed by atoms with Gasteiger partial charge in [0.25, 0.3) is 0 Å². The number of rotatable bonds is 2. The van der Waals surface area contributed by atoms with Gasteiger partial charge in [-0.1, -0.05) is 115 Å². The minimum absolute atomic E-state index is 1.26. The second-order valence-electron chi connectivity index (χ2n) is 9.77. The van der Waals surface area contributed by atoms with Crippen molar-refractivity contribution in [1.82, 2.24) is 0 Å². The number of fused-ring (bicyclic) bond motifs is 5. The second kappa shape index (κ2) is 7.41. The van der Waals surface area contributed by atoms with Crippen molar-refractivity contribution in [3.05, 3.63) is 133 Å². The van der Waals surface area contributed by atoms with Gasteiger partial charge in [-0.25, -0.2) is 0 Å². The molecule has 36 heavy (non-hydrogen) atoms. The van der Waals surface area contributed by atoms with Crippen LogP contribution in [0.15, 0.2) is 133 Å². The zero-order valence-corrected chi connectivity index (χ0v) is 19.7. The average molecular weight is 455 g/mol. The van der Waals surface area contributed by atoms with Gasteiger partial charge in [-0.3, -0.25) is 0 Å². The molecule has 0 fully saturated rings. The van der Waals surface area contributed by atoms with Crippen molar-refractivity contribution >= 4 is 32.3 Å². The van der Waals surface area contributed by atoms with Crippen LogP contribution in [-0.4, -0.2) is 0 Å². The number of hydrogen-bond donors (Lipinski definition) is 0. The van der Waals surface area contributed by atoms with Gasteiger partial charge >= 0.3 is 0 Å². The Kier molecular flexibility index (Phi) is 4.03. The molecule has 8 rings (SSSR count). The summed E-state index contributed by atoms with van der Waals surface area (Å²) in [4.78, 5) is 0. The lowest BCUT2D eigenvalue weighted by molar-refractivity contribution is 1.64. The van der Waals surface area contributed by atoms with E-state index in [1.807, 2.05) is 0 Å². The first-order valence-corrected chi connectivity index (χ1v) is 12.5. The van der Waals surface area contributed by atoms with Crippen LogP contribution in [0.4, 0.5) is 0 Å². The number of hydrogen-bond acceptors (Lipinski definition) is 0. The van der Waals surface area contributed by atoms with Crippen LogP contribution in [0.3, 0.4) is 0 Å². The van der Waals surface area contributed by atoms with Gasteiger partial charge in [-0.2, -0.15) is 0 Å². The molecule has 0 aliphatic heterocycles. The molecule has 1 aliphatic carbocycles. The Morgan fingerprint density at radius 3 is 1.61 bits per heavy atom. The Morgan fingerprint density at radius 1 is 0.278 bits per heavy atom. The maximum atomic E-state index is 2.38. The van der Waals surface area contributed by atoms with E-state index in [1.165, 1.54) is 76.8 Å². The van der Waals surface area contributed by atoms with E-state index in [9.17, 15) is 0 Å². The molecular formula is C36H22. The van der Waals surface area contributed by atoms with Gasteiger partial charge in [0.1, 0.15) is 0 Å². The van der Waals surface area contributed by atoms with Crippen LogP contribution < -0.4 is 0 Å². The highest BCUT2D eigenvalue weighted by molar-refractivity contribution is 6.19. The van der Waals surface area contributed by atoms with Gasteiger partial charge < -0.3 is 0 Å². The SMILES string of the molecule is c1ccc2cc(-c3ccc4c(c3)-c3cccc5c(-c6ccc7ccccc7c6)ccc-4c35)ccc2c1. The third kappa shape index (κ3) is 2.82. The van der Waals surface area contributed by atoms with Gasteiger partial charge in [0.05, 0.1) is 0 Å². The highest BCUT2D eigenvalue weighted by Crippen LogP contribution is 2.50. The summed E-state index contributed by atoms with van der Waals surface area (Å²) in [5, 5.41) is 7.81. The lowest BCUT2D eigenvalue weighted by atomic mass is 9.93. The first kappa shape index (κ1) is 19.6. The highest BCUT2D eigenvalue weighted by atomic mass is 14.3. The predicted molar refractivity (Wildman–Crippen MR) is 154 cm³/mol. The van der Waals surface area contributed by atoms with Crippen molar-refractivity contribution in [2.45, 2.75) is 0 Å². The molecule has 0 heteroatoms. The fourth-order valence-corrected chi connectivity index (χ4v) is 6.01. The minimum atomic E-state index is 1.26. The standard InChI is InChI=1S/C36H22/c1-3-8-25-20-27(14-12-23(25)6-1)28-16-17-31-34-19-18-30(29-15-13-24-7-2-4-9-26(24)21-29)32-10-5-11-33(36(32)34)35(31)22-28/h1-22H. The first-order valence-electron chi connectivity index (χ1n) is 12.5. The summed E-state index contributed by atoms with van der Waals surface area (Å²) >= 11 is 0. The molecule has 7 aromatic rings. The van der Waals surface area contributed by atoms with Crippen molar-refractivity contribution in [2.75, 3.05) is 0 Å². The second-order valence-corrected chi connectivity index (χ2v) is 9.77. The Balaban J connectivity index is 1.31. The lowest BCUT2D eigenvalue weighted by Crippen LogP contribution is -1.84. The highest BCUT2D eigenvalue weighted by Gasteiger charge is 2.23. The Hall–Kier alpha value is -4.68. The zero-order valence-electron chi connectivity index (χ0n) is 19.7. The van der Waals surface area contributed by atoms with Gasteiger partial charge in [0.15, 0.2) is 0 Å². The molecule has 0 amide bonds.